The Bertz CT molecular complexity index is 728. The van der Waals surface area contributed by atoms with Crippen LogP contribution in [-0.2, 0) is 4.79 Å². The zero-order chi connectivity index (χ0) is 18.3. The van der Waals surface area contributed by atoms with Crippen LogP contribution in [0.4, 0.5) is 0 Å². The average molecular weight is 356 g/mol. The second-order valence-electron chi connectivity index (χ2n) is 8.55. The SMILES string of the molecule is Cc1ccc(C(=O)N2CCC[C@]3(CCC(=O)N(CC4CC4)C3)C2)cc1O. The summed E-state index contributed by atoms with van der Waals surface area (Å²) in [5.41, 5.74) is 1.37. The van der Waals surface area contributed by atoms with E-state index in [1.165, 1.54) is 12.8 Å². The molecule has 5 heteroatoms. The zero-order valence-electron chi connectivity index (χ0n) is 15.5. The molecular weight excluding hydrogens is 328 g/mol. The first-order valence-corrected chi connectivity index (χ1v) is 9.82. The molecule has 140 valence electrons. The number of aromatic hydroxyl groups is 1. The number of piperidine rings is 2. The predicted molar refractivity (Wildman–Crippen MR) is 99.0 cm³/mol. The first-order chi connectivity index (χ1) is 12.5. The van der Waals surface area contributed by atoms with Gasteiger partial charge < -0.3 is 14.9 Å². The molecule has 0 radical (unpaired) electrons. The molecule has 1 atom stereocenters. The number of amides is 2. The number of aryl methyl sites for hydroxylation is 1. The summed E-state index contributed by atoms with van der Waals surface area (Å²) in [6.07, 6.45) is 6.06. The maximum atomic E-state index is 13.0. The number of likely N-dealkylation sites (tertiary alicyclic amines) is 2. The zero-order valence-corrected chi connectivity index (χ0v) is 15.5. The van der Waals surface area contributed by atoms with Crippen LogP contribution in [0.25, 0.3) is 0 Å². The molecule has 26 heavy (non-hydrogen) atoms. The maximum absolute atomic E-state index is 13.0. The van der Waals surface area contributed by atoms with Crippen LogP contribution in [0, 0.1) is 18.3 Å². The lowest BCUT2D eigenvalue weighted by molar-refractivity contribution is -0.139. The van der Waals surface area contributed by atoms with Gasteiger partial charge in [0, 0.05) is 43.6 Å². The van der Waals surface area contributed by atoms with Crippen LogP contribution < -0.4 is 0 Å². The van der Waals surface area contributed by atoms with Crippen molar-refractivity contribution in [3.63, 3.8) is 0 Å². The van der Waals surface area contributed by atoms with E-state index in [0.717, 1.165) is 51.0 Å². The highest BCUT2D eigenvalue weighted by atomic mass is 16.3. The molecule has 0 aromatic heterocycles. The Kier molecular flexibility index (Phi) is 4.41. The van der Waals surface area contributed by atoms with Crippen molar-refractivity contribution in [1.82, 2.24) is 9.80 Å². The van der Waals surface area contributed by atoms with E-state index in [2.05, 4.69) is 4.90 Å². The highest BCUT2D eigenvalue weighted by Gasteiger charge is 2.43. The van der Waals surface area contributed by atoms with Gasteiger partial charge in [0.05, 0.1) is 0 Å². The van der Waals surface area contributed by atoms with Crippen LogP contribution in [0.1, 0.15) is 54.4 Å². The molecule has 0 bridgehead atoms. The van der Waals surface area contributed by atoms with E-state index in [4.69, 9.17) is 0 Å². The standard InChI is InChI=1S/C21H28N2O3/c1-15-3-6-17(11-18(15)24)20(26)22-10-2-8-21(13-22)9-7-19(25)23(14-21)12-16-4-5-16/h3,6,11,16,24H,2,4-5,7-10,12-14H2,1H3/t21-/m0/s1. The second kappa shape index (κ2) is 6.60. The molecule has 3 aliphatic rings. The fourth-order valence-electron chi connectivity index (χ4n) is 4.52. The summed E-state index contributed by atoms with van der Waals surface area (Å²) in [5.74, 6) is 1.15. The molecule has 0 unspecified atom stereocenters. The molecular formula is C21H28N2O3. The fourth-order valence-corrected chi connectivity index (χ4v) is 4.52. The van der Waals surface area contributed by atoms with Gasteiger partial charge in [0.2, 0.25) is 5.91 Å². The van der Waals surface area contributed by atoms with Crippen molar-refractivity contribution in [2.45, 2.75) is 45.4 Å². The van der Waals surface area contributed by atoms with Gasteiger partial charge in [0.25, 0.3) is 5.91 Å². The number of phenolic OH excluding ortho intramolecular Hbond substituents is 1. The van der Waals surface area contributed by atoms with Gasteiger partial charge in [-0.1, -0.05) is 6.07 Å². The second-order valence-corrected chi connectivity index (χ2v) is 8.55. The minimum absolute atomic E-state index is 0.00924. The molecule has 1 aromatic rings. The molecule has 1 saturated carbocycles. The quantitative estimate of drug-likeness (QED) is 0.906. The molecule has 4 rings (SSSR count). The van der Waals surface area contributed by atoms with Gasteiger partial charge in [-0.3, -0.25) is 9.59 Å². The van der Waals surface area contributed by atoms with Crippen LogP contribution in [-0.4, -0.2) is 52.9 Å². The highest BCUT2D eigenvalue weighted by molar-refractivity contribution is 5.94. The van der Waals surface area contributed by atoms with Crippen molar-refractivity contribution in [1.29, 1.82) is 0 Å². The van der Waals surface area contributed by atoms with Gasteiger partial charge in [-0.15, -0.1) is 0 Å². The van der Waals surface area contributed by atoms with Crippen LogP contribution in [0.15, 0.2) is 18.2 Å². The number of nitrogens with zero attached hydrogens (tertiary/aromatic N) is 2. The third-order valence-electron chi connectivity index (χ3n) is 6.33. The van der Waals surface area contributed by atoms with Crippen LogP contribution >= 0.6 is 0 Å². The lowest BCUT2D eigenvalue weighted by Crippen LogP contribution is -2.55. The van der Waals surface area contributed by atoms with E-state index >= 15 is 0 Å². The van der Waals surface area contributed by atoms with Gasteiger partial charge in [-0.25, -0.2) is 0 Å². The van der Waals surface area contributed by atoms with Gasteiger partial charge in [0.15, 0.2) is 0 Å². The summed E-state index contributed by atoms with van der Waals surface area (Å²) in [4.78, 5) is 29.3. The van der Waals surface area contributed by atoms with E-state index in [9.17, 15) is 14.7 Å². The minimum Gasteiger partial charge on any atom is -0.508 e. The Morgan fingerprint density at radius 1 is 1.27 bits per heavy atom. The number of hydrogen-bond acceptors (Lipinski definition) is 3. The number of hydrogen-bond donors (Lipinski definition) is 1. The van der Waals surface area contributed by atoms with Crippen LogP contribution in [0.5, 0.6) is 5.75 Å². The summed E-state index contributed by atoms with van der Waals surface area (Å²) in [5, 5.41) is 9.93. The van der Waals surface area contributed by atoms with E-state index in [1.807, 2.05) is 11.8 Å². The molecule has 3 fully saturated rings. The normalized spacial score (nSPS) is 26.4. The topological polar surface area (TPSA) is 60.9 Å². The van der Waals surface area contributed by atoms with Crippen LogP contribution in [0.3, 0.4) is 0 Å². The summed E-state index contributed by atoms with van der Waals surface area (Å²) < 4.78 is 0. The Hall–Kier alpha value is -2.04. The first kappa shape index (κ1) is 17.4. The van der Waals surface area contributed by atoms with Crippen LogP contribution in [0.2, 0.25) is 0 Å². The Balaban J connectivity index is 1.48. The number of phenols is 1. The lowest BCUT2D eigenvalue weighted by atomic mass is 9.73. The lowest BCUT2D eigenvalue weighted by Gasteiger charge is -2.48. The van der Waals surface area contributed by atoms with Gasteiger partial charge in [0.1, 0.15) is 5.75 Å². The molecule has 1 aromatic carbocycles. The van der Waals surface area contributed by atoms with Crippen molar-refractivity contribution >= 4 is 11.8 Å². The largest absolute Gasteiger partial charge is 0.508 e. The molecule has 1 spiro atoms. The number of benzene rings is 1. The third-order valence-corrected chi connectivity index (χ3v) is 6.33. The molecule has 5 nitrogen and oxygen atoms in total. The van der Waals surface area contributed by atoms with E-state index in [0.29, 0.717) is 17.9 Å². The van der Waals surface area contributed by atoms with Crippen molar-refractivity contribution in [3.8, 4) is 5.75 Å². The number of carbonyl (C=O) groups excluding carboxylic acids is 2. The van der Waals surface area contributed by atoms with Crippen molar-refractivity contribution in [2.24, 2.45) is 11.3 Å². The van der Waals surface area contributed by atoms with E-state index in [1.54, 1.807) is 18.2 Å². The van der Waals surface area contributed by atoms with E-state index in [-0.39, 0.29) is 23.0 Å². The minimum atomic E-state index is -0.00924. The molecule has 2 saturated heterocycles. The molecule has 1 N–H and O–H groups in total. The Morgan fingerprint density at radius 2 is 2.08 bits per heavy atom. The fraction of sp³-hybridized carbons (Fsp3) is 0.619. The monoisotopic (exact) mass is 356 g/mol. The smallest absolute Gasteiger partial charge is 0.254 e. The highest BCUT2D eigenvalue weighted by Crippen LogP contribution is 2.41. The Labute approximate surface area is 155 Å². The number of rotatable bonds is 3. The molecule has 2 amide bonds. The van der Waals surface area contributed by atoms with Crippen molar-refractivity contribution < 1.29 is 14.7 Å². The first-order valence-electron chi connectivity index (χ1n) is 9.82. The Morgan fingerprint density at radius 3 is 2.81 bits per heavy atom. The van der Waals surface area contributed by atoms with Gasteiger partial charge in [-0.2, -0.15) is 0 Å². The van der Waals surface area contributed by atoms with Crippen molar-refractivity contribution in [3.05, 3.63) is 29.3 Å². The molecule has 1 aliphatic carbocycles. The summed E-state index contributed by atoms with van der Waals surface area (Å²) in [7, 11) is 0. The van der Waals surface area contributed by atoms with E-state index < -0.39 is 0 Å². The summed E-state index contributed by atoms with van der Waals surface area (Å²) in [6, 6.07) is 5.16. The summed E-state index contributed by atoms with van der Waals surface area (Å²) in [6.45, 7) is 5.00. The summed E-state index contributed by atoms with van der Waals surface area (Å²) >= 11 is 0. The molecule has 2 heterocycles. The van der Waals surface area contributed by atoms with Gasteiger partial charge in [-0.05, 0) is 62.6 Å². The van der Waals surface area contributed by atoms with Crippen molar-refractivity contribution in [2.75, 3.05) is 26.2 Å². The predicted octanol–water partition coefficient (Wildman–Crippen LogP) is 2.96. The van der Waals surface area contributed by atoms with Gasteiger partial charge >= 0.3 is 0 Å². The number of carbonyl (C=O) groups is 2. The molecule has 2 aliphatic heterocycles. The average Bonchev–Trinajstić information content (AvgIpc) is 3.44. The maximum Gasteiger partial charge on any atom is 0.254 e. The third kappa shape index (κ3) is 3.44.